The van der Waals surface area contributed by atoms with E-state index in [1.165, 1.54) is 18.2 Å². The van der Waals surface area contributed by atoms with Crippen LogP contribution in [-0.2, 0) is 0 Å². The number of benzene rings is 2. The molecule has 0 amide bonds. The van der Waals surface area contributed by atoms with Gasteiger partial charge in [-0.25, -0.2) is 0 Å². The van der Waals surface area contributed by atoms with Gasteiger partial charge in [-0.1, -0.05) is 18.2 Å². The van der Waals surface area contributed by atoms with Gasteiger partial charge in [-0.3, -0.25) is 60.7 Å². The molecule has 0 saturated carbocycles. The van der Waals surface area contributed by atoms with Crippen molar-refractivity contribution in [3.8, 4) is 0 Å². The van der Waals surface area contributed by atoms with Crippen molar-refractivity contribution in [3.63, 3.8) is 0 Å². The van der Waals surface area contributed by atoms with Gasteiger partial charge in [-0.15, -0.1) is 10.1 Å². The van der Waals surface area contributed by atoms with E-state index in [4.69, 9.17) is 21.1 Å². The maximum atomic E-state index is 11.8. The van der Waals surface area contributed by atoms with Crippen LogP contribution in [0.15, 0.2) is 30.3 Å². The molecule has 0 aliphatic carbocycles. The largest absolute Gasteiger partial charge is 0.432 e. The first-order valence-electron chi connectivity index (χ1n) is 8.55. The van der Waals surface area contributed by atoms with Crippen LogP contribution in [0.4, 0.5) is 28.4 Å². The maximum Gasteiger partial charge on any atom is 0.432 e. The van der Waals surface area contributed by atoms with Gasteiger partial charge in [0.2, 0.25) is 0 Å². The number of nitro benzene ring substituents is 4. The summed E-state index contributed by atoms with van der Waals surface area (Å²) in [6.07, 6.45) is 0. The van der Waals surface area contributed by atoms with Crippen molar-refractivity contribution in [2.75, 3.05) is 5.73 Å². The number of hydrogen-bond donors (Lipinski definition) is 2. The minimum atomic E-state index is -2.11. The van der Waals surface area contributed by atoms with Crippen LogP contribution in [-0.4, -0.2) is 39.8 Å². The van der Waals surface area contributed by atoms with Gasteiger partial charge in [0.25, 0.3) is 5.09 Å². The third-order valence-electron chi connectivity index (χ3n) is 4.04. The van der Waals surface area contributed by atoms with Gasteiger partial charge in [0.05, 0.1) is 35.1 Å². The fraction of sp³-hybridized carbons (Fsp3) is 0. The van der Waals surface area contributed by atoms with E-state index in [1.807, 2.05) is 0 Å². The van der Waals surface area contributed by atoms with E-state index in [0.717, 1.165) is 12.1 Å². The summed E-state index contributed by atoms with van der Waals surface area (Å²) in [5.74, 6) is 0. The molecule has 37 heavy (non-hydrogen) atoms. The number of nitrogens with zero attached hydrogens (tertiary/aromatic N) is 7. The zero-order valence-electron chi connectivity index (χ0n) is 17.3. The van der Waals surface area contributed by atoms with E-state index in [1.54, 1.807) is 0 Å². The highest BCUT2D eigenvalue weighted by atomic mass is 16.9. The lowest BCUT2D eigenvalue weighted by Gasteiger charge is -2.08. The van der Waals surface area contributed by atoms with E-state index in [0.29, 0.717) is 0 Å². The van der Waals surface area contributed by atoms with Crippen molar-refractivity contribution in [1.82, 2.24) is 0 Å². The normalized spacial score (nSPS) is 10.7. The van der Waals surface area contributed by atoms with Crippen molar-refractivity contribution < 1.29 is 39.8 Å². The number of nitrogens with two attached hydrogens (primary N) is 1. The molecule has 0 aromatic heterocycles. The second-order valence-corrected chi connectivity index (χ2v) is 6.03. The highest BCUT2D eigenvalue weighted by molar-refractivity contribution is 5.99. The van der Waals surface area contributed by atoms with Crippen LogP contribution in [0.3, 0.4) is 0 Å². The van der Waals surface area contributed by atoms with Crippen molar-refractivity contribution in [2.45, 2.75) is 0 Å². The Bertz CT molecular complexity index is 1380. The van der Waals surface area contributed by atoms with Crippen LogP contribution in [0.5, 0.6) is 0 Å². The number of nitro groups is 6. The number of nitrogen functional groups attached to an aromatic ring is 1. The first-order valence-corrected chi connectivity index (χ1v) is 8.55. The predicted octanol–water partition coefficient (Wildman–Crippen LogP) is 1.93. The average molecular weight is 528 g/mol. The Morgan fingerprint density at radius 1 is 0.595 bits per heavy atom. The summed E-state index contributed by atoms with van der Waals surface area (Å²) in [4.78, 5) is 68.0. The highest BCUT2D eigenvalue weighted by Crippen LogP contribution is 2.52. The van der Waals surface area contributed by atoms with E-state index < -0.39 is 85.6 Å². The smallest absolute Gasteiger partial charge is 0.392 e. The van der Waals surface area contributed by atoms with Crippen LogP contribution < -0.4 is 5.73 Å². The summed E-state index contributed by atoms with van der Waals surface area (Å²) in [5, 5.41) is 83.0. The van der Waals surface area contributed by atoms with Gasteiger partial charge in [0.1, 0.15) is 5.69 Å². The topological polar surface area (TPSA) is 348 Å². The highest BCUT2D eigenvalue weighted by Gasteiger charge is 2.53. The molecule has 0 unspecified atom stereocenters. The van der Waals surface area contributed by atoms with Crippen LogP contribution in [0.1, 0.15) is 11.1 Å². The summed E-state index contributed by atoms with van der Waals surface area (Å²) >= 11 is 0. The number of rotatable bonds is 8. The third-order valence-corrected chi connectivity index (χ3v) is 4.04. The van der Waals surface area contributed by atoms with E-state index in [2.05, 4.69) is 0 Å². The van der Waals surface area contributed by atoms with Gasteiger partial charge >= 0.3 is 34.1 Å². The maximum absolute atomic E-state index is 11.8. The SMILES string of the molecule is Nc1c(C(=C(c2ccccc2)[N+](=O)[O-])[N+](=O)[O-])c([N+](=O)[O-])c([N+](=O)[O-])c([N+](=O)[O-])c1[N+](=O)[O-].O=[N+]([O-])O. The molecule has 2 aromatic carbocycles. The van der Waals surface area contributed by atoms with Gasteiger partial charge in [0.15, 0.2) is 5.56 Å². The fourth-order valence-corrected chi connectivity index (χ4v) is 2.89. The molecule has 23 nitrogen and oxygen atoms in total. The third kappa shape index (κ3) is 5.93. The van der Waals surface area contributed by atoms with Gasteiger partial charge in [-0.2, -0.15) is 0 Å². The Labute approximate surface area is 198 Å². The first kappa shape index (κ1) is 28.6. The van der Waals surface area contributed by atoms with Gasteiger partial charge in [-0.05, 0) is 12.1 Å². The molecule has 0 fully saturated rings. The predicted molar refractivity (Wildman–Crippen MR) is 113 cm³/mol. The summed E-state index contributed by atoms with van der Waals surface area (Å²) in [7, 11) is 0. The monoisotopic (exact) mass is 528 g/mol. The lowest BCUT2D eigenvalue weighted by atomic mass is 9.98. The van der Waals surface area contributed by atoms with Gasteiger partial charge in [0, 0.05) is 0 Å². The molecule has 2 aromatic rings. The van der Waals surface area contributed by atoms with Crippen LogP contribution in [0, 0.1) is 70.8 Å². The lowest BCUT2D eigenvalue weighted by Crippen LogP contribution is -2.15. The zero-order valence-corrected chi connectivity index (χ0v) is 17.3. The molecule has 0 radical (unpaired) electrons. The summed E-state index contributed by atoms with van der Waals surface area (Å²) < 4.78 is 0. The molecule has 0 saturated heterocycles. The summed E-state index contributed by atoms with van der Waals surface area (Å²) in [6, 6.07) is 5.67. The molecule has 23 heteroatoms. The van der Waals surface area contributed by atoms with Crippen molar-refractivity contribution in [1.29, 1.82) is 0 Å². The molecule has 2 rings (SSSR count). The van der Waals surface area contributed by atoms with E-state index in [9.17, 15) is 60.7 Å². The molecular weight excluding hydrogens is 520 g/mol. The molecule has 3 N–H and O–H groups in total. The van der Waals surface area contributed by atoms with Gasteiger partial charge < -0.3 is 10.9 Å². The molecule has 0 aliphatic rings. The minimum absolute atomic E-state index is 0.522. The molecule has 0 aliphatic heterocycles. The Kier molecular flexibility index (Phi) is 8.61. The van der Waals surface area contributed by atoms with E-state index in [-0.39, 0.29) is 0 Å². The number of anilines is 1. The fourth-order valence-electron chi connectivity index (χ4n) is 2.89. The number of hydrogen-bond acceptors (Lipinski definition) is 15. The molecule has 0 atom stereocenters. The van der Waals surface area contributed by atoms with E-state index >= 15 is 0 Å². The molecule has 0 spiro atoms. The zero-order chi connectivity index (χ0) is 28.8. The second-order valence-electron chi connectivity index (χ2n) is 6.03. The summed E-state index contributed by atoms with van der Waals surface area (Å²) in [5.41, 5.74) is -9.71. The molecule has 0 bridgehead atoms. The van der Waals surface area contributed by atoms with Crippen molar-refractivity contribution >= 4 is 39.8 Å². The Morgan fingerprint density at radius 3 is 1.27 bits per heavy atom. The van der Waals surface area contributed by atoms with Crippen molar-refractivity contribution in [2.24, 2.45) is 0 Å². The molecule has 194 valence electrons. The first-order chi connectivity index (χ1) is 17.1. The Balaban J connectivity index is 0.00000159. The Hall–Kier alpha value is -6.42. The quantitative estimate of drug-likeness (QED) is 0.214. The standard InChI is InChI=1S/C14H7N7O12.HNO3/c15-8-7(10(17(24)25)9(16(22)23)6-4-2-1-3-5-6)11(18(26)27)13(20(30)31)14(21(32)33)12(8)19(28)29;2-1(3)4/h1-5H,15H2;(H,2,3,4). The summed E-state index contributed by atoms with van der Waals surface area (Å²) in [6.45, 7) is 0. The average Bonchev–Trinajstić information content (AvgIpc) is 2.75. The molecular formula is C14H8N8O15. The van der Waals surface area contributed by atoms with Crippen molar-refractivity contribution in [3.05, 3.63) is 112 Å². The second kappa shape index (κ2) is 11.1. The molecule has 0 heterocycles. The van der Waals surface area contributed by atoms with Crippen LogP contribution in [0.2, 0.25) is 0 Å². The minimum Gasteiger partial charge on any atom is -0.392 e. The lowest BCUT2D eigenvalue weighted by molar-refractivity contribution is -0.742. The van der Waals surface area contributed by atoms with Crippen LogP contribution in [0.25, 0.3) is 11.4 Å². The Morgan fingerprint density at radius 2 is 0.946 bits per heavy atom. The van der Waals surface area contributed by atoms with Crippen LogP contribution >= 0.6 is 0 Å².